The number of hydrogen-bond donors (Lipinski definition) is 1. The molecule has 0 spiro atoms. The van der Waals surface area contributed by atoms with Gasteiger partial charge in [-0.3, -0.25) is 4.90 Å². The van der Waals surface area contributed by atoms with Crippen molar-refractivity contribution in [1.82, 2.24) is 4.90 Å². The first-order chi connectivity index (χ1) is 14.6. The minimum absolute atomic E-state index is 0.123. The highest BCUT2D eigenvalue weighted by atomic mass is 19.1. The molecule has 0 radical (unpaired) electrons. The predicted octanol–water partition coefficient (Wildman–Crippen LogP) is 4.49. The van der Waals surface area contributed by atoms with Crippen LogP contribution in [0.15, 0.2) is 72.8 Å². The molecule has 30 heavy (non-hydrogen) atoms. The van der Waals surface area contributed by atoms with Crippen LogP contribution in [0.4, 0.5) is 8.78 Å². The van der Waals surface area contributed by atoms with E-state index in [4.69, 9.17) is 4.74 Å². The minimum Gasteiger partial charge on any atom is -0.389 e. The lowest BCUT2D eigenvalue weighted by molar-refractivity contribution is -0.0101. The molecule has 1 aliphatic rings. The van der Waals surface area contributed by atoms with E-state index in [0.717, 1.165) is 30.6 Å². The van der Waals surface area contributed by atoms with Gasteiger partial charge in [0.1, 0.15) is 17.7 Å². The molecule has 0 amide bonds. The van der Waals surface area contributed by atoms with E-state index in [1.54, 1.807) is 24.3 Å². The molecule has 156 valence electrons. The van der Waals surface area contributed by atoms with Gasteiger partial charge in [-0.2, -0.15) is 0 Å². The number of hydrogen-bond acceptors (Lipinski definition) is 3. The third-order valence-corrected chi connectivity index (χ3v) is 5.48. The zero-order chi connectivity index (χ0) is 20.9. The highest BCUT2D eigenvalue weighted by Gasteiger charge is 2.21. The molecule has 0 bridgehead atoms. The summed E-state index contributed by atoms with van der Waals surface area (Å²) in [6, 6.07) is 20.5. The molecule has 3 aromatic carbocycles. The van der Waals surface area contributed by atoms with Crippen LogP contribution < -0.4 is 0 Å². The van der Waals surface area contributed by atoms with Crippen LogP contribution in [-0.4, -0.2) is 35.8 Å². The molecule has 3 aromatic rings. The molecule has 3 nitrogen and oxygen atoms in total. The number of aliphatic hydroxyl groups is 1. The molecule has 0 saturated carbocycles. The molecule has 0 unspecified atom stereocenters. The highest BCUT2D eigenvalue weighted by molar-refractivity contribution is 5.31. The molecule has 1 atom stereocenters. The van der Waals surface area contributed by atoms with Gasteiger partial charge < -0.3 is 9.84 Å². The van der Waals surface area contributed by atoms with Gasteiger partial charge in [0, 0.05) is 19.6 Å². The quantitative estimate of drug-likeness (QED) is 0.624. The zero-order valence-electron chi connectivity index (χ0n) is 16.7. The van der Waals surface area contributed by atoms with Crippen LogP contribution in [0, 0.1) is 11.6 Å². The number of aliphatic hydroxyl groups excluding tert-OH is 1. The van der Waals surface area contributed by atoms with Crippen LogP contribution in [0.25, 0.3) is 0 Å². The number of ether oxygens (including phenoxy) is 1. The Morgan fingerprint density at radius 2 is 1.40 bits per heavy atom. The van der Waals surface area contributed by atoms with Gasteiger partial charge >= 0.3 is 0 Å². The van der Waals surface area contributed by atoms with Crippen LogP contribution >= 0.6 is 0 Å². The van der Waals surface area contributed by atoms with Crippen molar-refractivity contribution < 1.29 is 18.6 Å². The molecule has 4 rings (SSSR count). The highest BCUT2D eigenvalue weighted by Crippen LogP contribution is 2.27. The van der Waals surface area contributed by atoms with Gasteiger partial charge in [0.25, 0.3) is 0 Å². The van der Waals surface area contributed by atoms with E-state index < -0.39 is 12.2 Å². The second-order valence-electron chi connectivity index (χ2n) is 7.72. The third-order valence-electron chi connectivity index (χ3n) is 5.48. The lowest BCUT2D eigenvalue weighted by Gasteiger charge is -2.30. The van der Waals surface area contributed by atoms with E-state index in [1.807, 2.05) is 6.07 Å². The maximum absolute atomic E-state index is 13.3. The summed E-state index contributed by atoms with van der Waals surface area (Å²) < 4.78 is 32.7. The van der Waals surface area contributed by atoms with E-state index in [1.165, 1.54) is 35.4 Å². The summed E-state index contributed by atoms with van der Waals surface area (Å²) in [7, 11) is 0. The lowest BCUT2D eigenvalue weighted by atomic mass is 9.99. The van der Waals surface area contributed by atoms with Gasteiger partial charge in [0.15, 0.2) is 0 Å². The van der Waals surface area contributed by atoms with Gasteiger partial charge in [0.2, 0.25) is 0 Å². The first-order valence-electron chi connectivity index (χ1n) is 10.2. The normalized spacial score (nSPS) is 15.2. The Morgan fingerprint density at radius 1 is 0.833 bits per heavy atom. The Morgan fingerprint density at radius 3 is 2.00 bits per heavy atom. The van der Waals surface area contributed by atoms with Crippen LogP contribution in [0.5, 0.6) is 0 Å². The zero-order valence-corrected chi connectivity index (χ0v) is 16.7. The topological polar surface area (TPSA) is 32.7 Å². The average Bonchev–Trinajstić information content (AvgIpc) is 2.76. The number of β-amino-alcohol motifs (C(OH)–C–C–N with tert-alkyl or cyclic N) is 1. The van der Waals surface area contributed by atoms with Gasteiger partial charge in [-0.25, -0.2) is 8.78 Å². The van der Waals surface area contributed by atoms with E-state index in [2.05, 4.69) is 23.1 Å². The third kappa shape index (κ3) is 5.11. The fourth-order valence-corrected chi connectivity index (χ4v) is 3.93. The van der Waals surface area contributed by atoms with Crippen molar-refractivity contribution >= 4 is 0 Å². The van der Waals surface area contributed by atoms with Crippen molar-refractivity contribution in [2.45, 2.75) is 25.2 Å². The van der Waals surface area contributed by atoms with E-state index >= 15 is 0 Å². The number of halogens is 2. The summed E-state index contributed by atoms with van der Waals surface area (Å²) in [4.78, 5) is 2.22. The fraction of sp³-hybridized carbons (Fsp3) is 0.280. The summed E-state index contributed by atoms with van der Waals surface area (Å²) in [5, 5.41) is 10.6. The molecule has 1 aliphatic heterocycles. The van der Waals surface area contributed by atoms with E-state index in [0.29, 0.717) is 6.54 Å². The van der Waals surface area contributed by atoms with Gasteiger partial charge in [-0.05, 0) is 52.9 Å². The maximum atomic E-state index is 13.3. The minimum atomic E-state index is -0.668. The Labute approximate surface area is 175 Å². The summed E-state index contributed by atoms with van der Waals surface area (Å²) in [6.45, 7) is 2.34. The molecule has 1 heterocycles. The van der Waals surface area contributed by atoms with Crippen LogP contribution in [0.1, 0.15) is 28.4 Å². The van der Waals surface area contributed by atoms with Gasteiger partial charge in [-0.1, -0.05) is 48.5 Å². The first kappa shape index (κ1) is 20.7. The van der Waals surface area contributed by atoms with Crippen molar-refractivity contribution in [1.29, 1.82) is 0 Å². The summed E-state index contributed by atoms with van der Waals surface area (Å²) in [5.74, 6) is -0.663. The van der Waals surface area contributed by atoms with Gasteiger partial charge in [0.05, 0.1) is 12.7 Å². The molecular weight excluding hydrogens is 384 g/mol. The fourth-order valence-electron chi connectivity index (χ4n) is 3.93. The molecule has 0 aromatic heterocycles. The number of benzene rings is 3. The molecule has 0 fully saturated rings. The van der Waals surface area contributed by atoms with Gasteiger partial charge in [-0.15, -0.1) is 0 Å². The average molecular weight is 409 g/mol. The predicted molar refractivity (Wildman–Crippen MR) is 112 cm³/mol. The monoisotopic (exact) mass is 409 g/mol. The number of fused-ring (bicyclic) bond motifs is 1. The van der Waals surface area contributed by atoms with Crippen LogP contribution in [0.2, 0.25) is 0 Å². The van der Waals surface area contributed by atoms with Crippen molar-refractivity contribution in [3.8, 4) is 0 Å². The number of rotatable bonds is 7. The van der Waals surface area contributed by atoms with Crippen molar-refractivity contribution in [3.05, 3.63) is 107 Å². The Hall–Kier alpha value is -2.60. The second kappa shape index (κ2) is 9.47. The van der Waals surface area contributed by atoms with Crippen molar-refractivity contribution in [2.75, 3.05) is 19.7 Å². The summed E-state index contributed by atoms with van der Waals surface area (Å²) in [5.41, 5.74) is 4.17. The SMILES string of the molecule is O[C@H](COC(c1ccc(F)cc1)c1ccc(F)cc1)CN1CCc2ccccc2C1. The standard InChI is InChI=1S/C25H25F2NO2/c26-22-9-5-19(6-10-22)25(20-7-11-23(27)12-8-20)30-17-24(29)16-28-14-13-18-3-1-2-4-21(18)15-28/h1-12,24-25,29H,13-17H2/t24-/m0/s1. The van der Waals surface area contributed by atoms with Crippen molar-refractivity contribution in [3.63, 3.8) is 0 Å². The molecule has 0 aliphatic carbocycles. The Bertz CT molecular complexity index is 914. The Balaban J connectivity index is 1.40. The van der Waals surface area contributed by atoms with E-state index in [9.17, 15) is 13.9 Å². The summed E-state index contributed by atoms with van der Waals surface area (Å²) in [6.07, 6.45) is -0.209. The Kier molecular flexibility index (Phi) is 6.53. The molecule has 5 heteroatoms. The van der Waals surface area contributed by atoms with Crippen molar-refractivity contribution in [2.24, 2.45) is 0 Å². The molecular formula is C25H25F2NO2. The van der Waals surface area contributed by atoms with Crippen LogP contribution in [-0.2, 0) is 17.7 Å². The first-order valence-corrected chi connectivity index (χ1v) is 10.2. The second-order valence-corrected chi connectivity index (χ2v) is 7.72. The smallest absolute Gasteiger partial charge is 0.123 e. The number of nitrogens with zero attached hydrogens (tertiary/aromatic N) is 1. The van der Waals surface area contributed by atoms with Crippen LogP contribution in [0.3, 0.4) is 0 Å². The summed E-state index contributed by atoms with van der Waals surface area (Å²) >= 11 is 0. The maximum Gasteiger partial charge on any atom is 0.123 e. The van der Waals surface area contributed by atoms with E-state index in [-0.39, 0.29) is 18.2 Å². The lowest BCUT2D eigenvalue weighted by Crippen LogP contribution is -2.38. The largest absolute Gasteiger partial charge is 0.389 e. The molecule has 1 N–H and O–H groups in total. The molecule has 0 saturated heterocycles.